The number of hydrogen-bond donors (Lipinski definition) is 1. The van der Waals surface area contributed by atoms with E-state index in [9.17, 15) is 4.79 Å². The number of amides is 1. The van der Waals surface area contributed by atoms with Crippen LogP contribution in [0.15, 0.2) is 42.5 Å². The Kier molecular flexibility index (Phi) is 5.49. The minimum atomic E-state index is -0.0876. The third-order valence-electron chi connectivity index (χ3n) is 4.45. The molecule has 5 heteroatoms. The van der Waals surface area contributed by atoms with Gasteiger partial charge < -0.3 is 14.8 Å². The smallest absolute Gasteiger partial charge is 0.251 e. The summed E-state index contributed by atoms with van der Waals surface area (Å²) in [5, 5.41) is 3.70. The topological polar surface area (TPSA) is 47.6 Å². The zero-order chi connectivity index (χ0) is 17.8. The van der Waals surface area contributed by atoms with Crippen LogP contribution in [0.3, 0.4) is 0 Å². The molecule has 1 aliphatic carbocycles. The molecule has 4 nitrogen and oxygen atoms in total. The predicted octanol–water partition coefficient (Wildman–Crippen LogP) is 4.46. The number of carbonyl (C=O) groups is 1. The maximum atomic E-state index is 12.4. The SMILES string of the molecule is COc1cc(C(=O)NC(C)C2CC2)ccc1OCc1ccccc1Cl. The maximum Gasteiger partial charge on any atom is 0.251 e. The highest BCUT2D eigenvalue weighted by Gasteiger charge is 2.29. The van der Waals surface area contributed by atoms with Crippen molar-refractivity contribution in [2.45, 2.75) is 32.4 Å². The van der Waals surface area contributed by atoms with E-state index in [0.717, 1.165) is 5.56 Å². The van der Waals surface area contributed by atoms with E-state index < -0.39 is 0 Å². The molecule has 2 aromatic carbocycles. The van der Waals surface area contributed by atoms with E-state index in [4.69, 9.17) is 21.1 Å². The Labute approximate surface area is 153 Å². The van der Waals surface area contributed by atoms with E-state index >= 15 is 0 Å². The average molecular weight is 360 g/mol. The molecule has 0 aliphatic heterocycles. The highest BCUT2D eigenvalue weighted by Crippen LogP contribution is 2.33. The molecule has 0 bridgehead atoms. The lowest BCUT2D eigenvalue weighted by atomic mass is 10.1. The Morgan fingerprint density at radius 3 is 2.68 bits per heavy atom. The molecule has 0 heterocycles. The molecule has 1 unspecified atom stereocenters. The van der Waals surface area contributed by atoms with Crippen molar-refractivity contribution in [2.24, 2.45) is 5.92 Å². The first-order valence-electron chi connectivity index (χ1n) is 8.43. The zero-order valence-electron chi connectivity index (χ0n) is 14.4. The van der Waals surface area contributed by atoms with E-state index in [2.05, 4.69) is 5.32 Å². The summed E-state index contributed by atoms with van der Waals surface area (Å²) in [7, 11) is 1.56. The summed E-state index contributed by atoms with van der Waals surface area (Å²) in [6, 6.07) is 12.9. The minimum absolute atomic E-state index is 0.0876. The molecule has 3 rings (SSSR count). The average Bonchev–Trinajstić information content (AvgIpc) is 3.46. The van der Waals surface area contributed by atoms with Gasteiger partial charge in [0.25, 0.3) is 5.91 Å². The standard InChI is InChI=1S/C20H22ClNO3/c1-13(14-7-8-14)22-20(23)15-9-10-18(19(11-15)24-2)25-12-16-5-3-4-6-17(16)21/h3-6,9-11,13-14H,7-8,12H2,1-2H3,(H,22,23). The summed E-state index contributed by atoms with van der Waals surface area (Å²) in [4.78, 5) is 12.4. The summed E-state index contributed by atoms with van der Waals surface area (Å²) in [5.74, 6) is 1.63. The van der Waals surface area contributed by atoms with E-state index in [1.165, 1.54) is 12.8 Å². The molecule has 2 aromatic rings. The lowest BCUT2D eigenvalue weighted by Gasteiger charge is -2.15. The van der Waals surface area contributed by atoms with Gasteiger partial charge in [-0.15, -0.1) is 0 Å². The van der Waals surface area contributed by atoms with Crippen molar-refractivity contribution in [2.75, 3.05) is 7.11 Å². The van der Waals surface area contributed by atoms with Crippen LogP contribution >= 0.6 is 11.6 Å². The first-order valence-corrected chi connectivity index (χ1v) is 8.81. The molecule has 25 heavy (non-hydrogen) atoms. The molecule has 1 aliphatic rings. The van der Waals surface area contributed by atoms with Gasteiger partial charge in [0, 0.05) is 22.2 Å². The van der Waals surface area contributed by atoms with Crippen molar-refractivity contribution in [1.29, 1.82) is 0 Å². The van der Waals surface area contributed by atoms with Crippen molar-refractivity contribution in [3.8, 4) is 11.5 Å². The lowest BCUT2D eigenvalue weighted by Crippen LogP contribution is -2.33. The van der Waals surface area contributed by atoms with Crippen LogP contribution < -0.4 is 14.8 Å². The molecule has 1 saturated carbocycles. The third kappa shape index (κ3) is 4.45. The lowest BCUT2D eigenvalue weighted by molar-refractivity contribution is 0.0935. The van der Waals surface area contributed by atoms with Gasteiger partial charge in [0.15, 0.2) is 11.5 Å². The molecule has 132 valence electrons. The number of methoxy groups -OCH3 is 1. The van der Waals surface area contributed by atoms with Crippen LogP contribution in [0.1, 0.15) is 35.7 Å². The maximum absolute atomic E-state index is 12.4. The van der Waals surface area contributed by atoms with E-state index in [1.54, 1.807) is 25.3 Å². The molecule has 1 amide bonds. The number of rotatable bonds is 7. The van der Waals surface area contributed by atoms with Gasteiger partial charge >= 0.3 is 0 Å². The highest BCUT2D eigenvalue weighted by atomic mass is 35.5. The number of halogens is 1. The van der Waals surface area contributed by atoms with Crippen LogP contribution in [0.4, 0.5) is 0 Å². The van der Waals surface area contributed by atoms with Gasteiger partial charge in [-0.1, -0.05) is 29.8 Å². The Bertz CT molecular complexity index is 758. The summed E-state index contributed by atoms with van der Waals surface area (Å²) in [5.41, 5.74) is 1.46. The Morgan fingerprint density at radius 2 is 2.00 bits per heavy atom. The predicted molar refractivity (Wildman–Crippen MR) is 98.4 cm³/mol. The molecule has 0 radical (unpaired) electrons. The first kappa shape index (κ1) is 17.6. The Balaban J connectivity index is 1.68. The molecular weight excluding hydrogens is 338 g/mol. The summed E-state index contributed by atoms with van der Waals surface area (Å²) < 4.78 is 11.2. The van der Waals surface area contributed by atoms with Crippen LogP contribution in [0.5, 0.6) is 11.5 Å². The fourth-order valence-electron chi connectivity index (χ4n) is 2.70. The molecule has 0 spiro atoms. The summed E-state index contributed by atoms with van der Waals surface area (Å²) in [6.07, 6.45) is 2.39. The van der Waals surface area contributed by atoms with Crippen molar-refractivity contribution in [3.63, 3.8) is 0 Å². The van der Waals surface area contributed by atoms with Crippen molar-refractivity contribution in [3.05, 3.63) is 58.6 Å². The van der Waals surface area contributed by atoms with Gasteiger partial charge in [-0.2, -0.15) is 0 Å². The first-order chi connectivity index (χ1) is 12.1. The fraction of sp³-hybridized carbons (Fsp3) is 0.350. The van der Waals surface area contributed by atoms with Crippen LogP contribution in [-0.4, -0.2) is 19.1 Å². The monoisotopic (exact) mass is 359 g/mol. The van der Waals surface area contributed by atoms with Gasteiger partial charge in [0.1, 0.15) is 6.61 Å². The molecule has 0 aromatic heterocycles. The Hall–Kier alpha value is -2.20. The van der Waals surface area contributed by atoms with Crippen LogP contribution in [0.25, 0.3) is 0 Å². The largest absolute Gasteiger partial charge is 0.493 e. The van der Waals surface area contributed by atoms with Crippen molar-refractivity contribution in [1.82, 2.24) is 5.32 Å². The number of nitrogens with one attached hydrogen (secondary N) is 1. The summed E-state index contributed by atoms with van der Waals surface area (Å²) >= 11 is 6.15. The second-order valence-electron chi connectivity index (χ2n) is 6.35. The van der Waals surface area contributed by atoms with Crippen LogP contribution in [0, 0.1) is 5.92 Å². The molecule has 1 atom stereocenters. The summed E-state index contributed by atoms with van der Waals surface area (Å²) in [6.45, 7) is 2.38. The fourth-order valence-corrected chi connectivity index (χ4v) is 2.89. The molecular formula is C20H22ClNO3. The number of benzene rings is 2. The van der Waals surface area contributed by atoms with Gasteiger partial charge in [-0.05, 0) is 49.9 Å². The second-order valence-corrected chi connectivity index (χ2v) is 6.75. The number of hydrogen-bond acceptors (Lipinski definition) is 3. The molecule has 1 fully saturated rings. The Morgan fingerprint density at radius 1 is 1.24 bits per heavy atom. The van der Waals surface area contributed by atoms with Crippen molar-refractivity contribution >= 4 is 17.5 Å². The van der Waals surface area contributed by atoms with Gasteiger partial charge in [-0.3, -0.25) is 4.79 Å². The van der Waals surface area contributed by atoms with E-state index in [-0.39, 0.29) is 11.9 Å². The molecule has 0 saturated heterocycles. The van der Waals surface area contributed by atoms with Gasteiger partial charge in [-0.25, -0.2) is 0 Å². The van der Waals surface area contributed by atoms with E-state index in [0.29, 0.717) is 34.6 Å². The van der Waals surface area contributed by atoms with Gasteiger partial charge in [0.05, 0.1) is 7.11 Å². The molecule has 1 N–H and O–H groups in total. The normalized spacial score (nSPS) is 14.7. The van der Waals surface area contributed by atoms with E-state index in [1.807, 2.05) is 31.2 Å². The number of ether oxygens (including phenoxy) is 2. The van der Waals surface area contributed by atoms with Crippen LogP contribution in [0.2, 0.25) is 5.02 Å². The number of carbonyl (C=O) groups excluding carboxylic acids is 1. The zero-order valence-corrected chi connectivity index (χ0v) is 15.2. The minimum Gasteiger partial charge on any atom is -0.493 e. The van der Waals surface area contributed by atoms with Crippen LogP contribution in [-0.2, 0) is 6.61 Å². The quantitative estimate of drug-likeness (QED) is 0.794. The third-order valence-corrected chi connectivity index (χ3v) is 4.82. The van der Waals surface area contributed by atoms with Crippen molar-refractivity contribution < 1.29 is 14.3 Å². The highest BCUT2D eigenvalue weighted by molar-refractivity contribution is 6.31. The van der Waals surface area contributed by atoms with Gasteiger partial charge in [0.2, 0.25) is 0 Å². The second kappa shape index (κ2) is 7.79.